The molecule has 20 heavy (non-hydrogen) atoms. The molecule has 2 rings (SSSR count). The number of pyridine rings is 1. The number of aromatic nitrogens is 3. The van der Waals surface area contributed by atoms with Crippen molar-refractivity contribution >= 4 is 23.2 Å². The Balaban J connectivity index is 2.25. The van der Waals surface area contributed by atoms with Crippen molar-refractivity contribution in [1.29, 1.82) is 0 Å². The molecule has 0 aliphatic rings. The molecule has 0 saturated heterocycles. The van der Waals surface area contributed by atoms with Gasteiger partial charge in [0.25, 0.3) is 0 Å². The van der Waals surface area contributed by atoms with Gasteiger partial charge in [0.15, 0.2) is 0 Å². The predicted octanol–water partition coefficient (Wildman–Crippen LogP) is 1.76. The third-order valence-corrected chi connectivity index (χ3v) is 2.99. The van der Waals surface area contributed by atoms with E-state index in [2.05, 4.69) is 15.0 Å². The van der Waals surface area contributed by atoms with E-state index in [1.165, 1.54) is 0 Å². The van der Waals surface area contributed by atoms with Crippen molar-refractivity contribution in [2.75, 3.05) is 11.9 Å². The summed E-state index contributed by atoms with van der Waals surface area (Å²) >= 11 is 4.97. The van der Waals surface area contributed by atoms with Crippen LogP contribution in [0.1, 0.15) is 22.8 Å². The van der Waals surface area contributed by atoms with Gasteiger partial charge in [-0.1, -0.05) is 18.3 Å². The zero-order valence-corrected chi connectivity index (χ0v) is 12.6. The average Bonchev–Trinajstić information content (AvgIpc) is 2.37. The molecular formula is C14H17N5S. The molecule has 0 radical (unpaired) electrons. The van der Waals surface area contributed by atoms with Crippen LogP contribution in [0.2, 0.25) is 0 Å². The average molecular weight is 287 g/mol. The molecule has 0 spiro atoms. The molecule has 0 atom stereocenters. The van der Waals surface area contributed by atoms with Crippen molar-refractivity contribution in [2.45, 2.75) is 20.4 Å². The highest BCUT2D eigenvalue weighted by atomic mass is 32.1. The fourth-order valence-corrected chi connectivity index (χ4v) is 1.96. The highest BCUT2D eigenvalue weighted by molar-refractivity contribution is 7.80. The van der Waals surface area contributed by atoms with Gasteiger partial charge in [-0.2, -0.15) is 0 Å². The molecule has 2 N–H and O–H groups in total. The number of hydrogen-bond donors (Lipinski definition) is 1. The van der Waals surface area contributed by atoms with Crippen LogP contribution in [0.3, 0.4) is 0 Å². The van der Waals surface area contributed by atoms with Crippen LogP contribution in [0.25, 0.3) is 0 Å². The van der Waals surface area contributed by atoms with Gasteiger partial charge in [0, 0.05) is 18.4 Å². The molecule has 0 aliphatic heterocycles. The van der Waals surface area contributed by atoms with Gasteiger partial charge in [-0.25, -0.2) is 9.97 Å². The number of rotatable bonds is 4. The summed E-state index contributed by atoms with van der Waals surface area (Å²) in [6.07, 6.45) is 0. The minimum absolute atomic E-state index is 0.277. The molecular weight excluding hydrogens is 270 g/mol. The molecule has 0 bridgehead atoms. The molecule has 104 valence electrons. The van der Waals surface area contributed by atoms with Crippen LogP contribution in [0.5, 0.6) is 0 Å². The normalized spacial score (nSPS) is 10.3. The van der Waals surface area contributed by atoms with Gasteiger partial charge in [0.1, 0.15) is 10.7 Å². The summed E-state index contributed by atoms with van der Waals surface area (Å²) in [5, 5.41) is 0. The Morgan fingerprint density at radius 3 is 2.60 bits per heavy atom. The van der Waals surface area contributed by atoms with Crippen LogP contribution in [-0.4, -0.2) is 27.0 Å². The molecule has 0 unspecified atom stereocenters. The smallest absolute Gasteiger partial charge is 0.226 e. The first-order chi connectivity index (χ1) is 9.45. The van der Waals surface area contributed by atoms with E-state index in [0.717, 1.165) is 17.1 Å². The third kappa shape index (κ3) is 3.48. The summed E-state index contributed by atoms with van der Waals surface area (Å²) in [7, 11) is 1.92. The van der Waals surface area contributed by atoms with Crippen LogP contribution in [0, 0.1) is 13.8 Å². The second-order valence-electron chi connectivity index (χ2n) is 4.69. The predicted molar refractivity (Wildman–Crippen MR) is 83.7 cm³/mol. The number of thiocarbonyl (C=S) groups is 1. The van der Waals surface area contributed by atoms with Crippen LogP contribution < -0.4 is 10.6 Å². The second-order valence-corrected chi connectivity index (χ2v) is 5.13. The fourth-order valence-electron chi connectivity index (χ4n) is 1.85. The van der Waals surface area contributed by atoms with Crippen molar-refractivity contribution in [1.82, 2.24) is 15.0 Å². The first-order valence-corrected chi connectivity index (χ1v) is 6.65. The summed E-state index contributed by atoms with van der Waals surface area (Å²) in [5.41, 5.74) is 9.02. The molecule has 0 aromatic carbocycles. The highest BCUT2D eigenvalue weighted by Crippen LogP contribution is 2.12. The maximum atomic E-state index is 5.63. The quantitative estimate of drug-likeness (QED) is 0.864. The van der Waals surface area contributed by atoms with E-state index in [1.54, 1.807) is 6.07 Å². The maximum Gasteiger partial charge on any atom is 0.226 e. The zero-order chi connectivity index (χ0) is 14.7. The number of anilines is 1. The van der Waals surface area contributed by atoms with Crippen LogP contribution in [0.4, 0.5) is 5.95 Å². The monoisotopic (exact) mass is 287 g/mol. The molecule has 2 aromatic rings. The summed E-state index contributed by atoms with van der Waals surface area (Å²) in [4.78, 5) is 15.5. The van der Waals surface area contributed by atoms with Crippen molar-refractivity contribution in [3.8, 4) is 0 Å². The summed E-state index contributed by atoms with van der Waals surface area (Å²) in [5.74, 6) is 0.594. The van der Waals surface area contributed by atoms with Crippen molar-refractivity contribution in [3.05, 3.63) is 47.0 Å². The van der Waals surface area contributed by atoms with Gasteiger partial charge in [0.2, 0.25) is 5.95 Å². The Bertz CT molecular complexity index is 641. The lowest BCUT2D eigenvalue weighted by Crippen LogP contribution is -2.22. The van der Waals surface area contributed by atoms with E-state index in [1.807, 2.05) is 44.0 Å². The van der Waals surface area contributed by atoms with Crippen molar-refractivity contribution < 1.29 is 0 Å². The Kier molecular flexibility index (Phi) is 4.24. The van der Waals surface area contributed by atoms with Crippen molar-refractivity contribution in [2.24, 2.45) is 5.73 Å². The molecule has 0 fully saturated rings. The summed E-state index contributed by atoms with van der Waals surface area (Å²) < 4.78 is 0. The largest absolute Gasteiger partial charge is 0.388 e. The third-order valence-electron chi connectivity index (χ3n) is 2.78. The molecule has 0 aliphatic carbocycles. The SMILES string of the molecule is Cc1cccc(CN(C)c2nc(C)cc(C(N)=S)n2)n1. The van der Waals surface area contributed by atoms with Crippen molar-refractivity contribution in [3.63, 3.8) is 0 Å². The van der Waals surface area contributed by atoms with Gasteiger partial charge in [-0.3, -0.25) is 4.98 Å². The zero-order valence-electron chi connectivity index (χ0n) is 11.8. The summed E-state index contributed by atoms with van der Waals surface area (Å²) in [6.45, 7) is 4.49. The topological polar surface area (TPSA) is 67.9 Å². The Labute approximate surface area is 123 Å². The first-order valence-electron chi connectivity index (χ1n) is 6.25. The van der Waals surface area contributed by atoms with Gasteiger partial charge in [-0.15, -0.1) is 0 Å². The van der Waals surface area contributed by atoms with Gasteiger partial charge in [0.05, 0.1) is 12.2 Å². The van der Waals surface area contributed by atoms with Crippen LogP contribution in [0.15, 0.2) is 24.3 Å². The van der Waals surface area contributed by atoms with E-state index in [9.17, 15) is 0 Å². The Morgan fingerprint density at radius 2 is 1.95 bits per heavy atom. The lowest BCUT2D eigenvalue weighted by atomic mass is 10.3. The molecule has 2 aromatic heterocycles. The Morgan fingerprint density at radius 1 is 1.20 bits per heavy atom. The lowest BCUT2D eigenvalue weighted by Gasteiger charge is -2.17. The molecule has 5 nitrogen and oxygen atoms in total. The summed E-state index contributed by atoms with van der Waals surface area (Å²) in [6, 6.07) is 7.72. The van der Waals surface area contributed by atoms with Crippen LogP contribution in [-0.2, 0) is 6.54 Å². The molecule has 6 heteroatoms. The first kappa shape index (κ1) is 14.3. The number of nitrogens with zero attached hydrogens (tertiary/aromatic N) is 4. The molecule has 2 heterocycles. The maximum absolute atomic E-state index is 5.63. The minimum atomic E-state index is 0.277. The van der Waals surface area contributed by atoms with E-state index < -0.39 is 0 Å². The number of aryl methyl sites for hydroxylation is 2. The minimum Gasteiger partial charge on any atom is -0.388 e. The standard InChI is InChI=1S/C14H17N5S/c1-9-5-4-6-11(16-9)8-19(3)14-17-10(2)7-12(18-14)13(15)20/h4-7H,8H2,1-3H3,(H2,15,20). The van der Waals surface area contributed by atoms with Gasteiger partial charge >= 0.3 is 0 Å². The van der Waals surface area contributed by atoms with Gasteiger partial charge < -0.3 is 10.6 Å². The Hall–Kier alpha value is -2.08. The van der Waals surface area contributed by atoms with E-state index in [4.69, 9.17) is 18.0 Å². The van der Waals surface area contributed by atoms with E-state index >= 15 is 0 Å². The molecule has 0 amide bonds. The van der Waals surface area contributed by atoms with Crippen LogP contribution >= 0.6 is 12.2 Å². The molecule has 0 saturated carbocycles. The second kappa shape index (κ2) is 5.92. The lowest BCUT2D eigenvalue weighted by molar-refractivity contribution is 0.829. The number of nitrogens with two attached hydrogens (primary N) is 1. The van der Waals surface area contributed by atoms with Gasteiger partial charge in [-0.05, 0) is 32.0 Å². The van der Waals surface area contributed by atoms with E-state index in [0.29, 0.717) is 18.2 Å². The van der Waals surface area contributed by atoms with E-state index in [-0.39, 0.29) is 4.99 Å². The number of hydrogen-bond acceptors (Lipinski definition) is 5. The fraction of sp³-hybridized carbons (Fsp3) is 0.286. The highest BCUT2D eigenvalue weighted by Gasteiger charge is 2.10.